The van der Waals surface area contributed by atoms with Crippen molar-refractivity contribution in [2.24, 2.45) is 0 Å². The number of ether oxygens (including phenoxy) is 2. The summed E-state index contributed by atoms with van der Waals surface area (Å²) in [5, 5.41) is 0. The molecule has 0 N–H and O–H groups in total. The Balaban J connectivity index is 2.39. The zero-order chi connectivity index (χ0) is 11.5. The molecule has 0 bridgehead atoms. The van der Waals surface area contributed by atoms with Crippen molar-refractivity contribution in [2.45, 2.75) is 0 Å². The van der Waals surface area contributed by atoms with Gasteiger partial charge in [0.25, 0.3) is 5.91 Å². The number of amides is 1. The van der Waals surface area contributed by atoms with Gasteiger partial charge in [-0.3, -0.25) is 4.79 Å². The minimum atomic E-state index is -0.116. The SMILES string of the molecule is C=CC(=O)N1CCOc2cc(OC)ccc21. The van der Waals surface area contributed by atoms with E-state index in [0.717, 1.165) is 5.69 Å². The van der Waals surface area contributed by atoms with Gasteiger partial charge in [-0.25, -0.2) is 0 Å². The lowest BCUT2D eigenvalue weighted by atomic mass is 10.2. The summed E-state index contributed by atoms with van der Waals surface area (Å²) in [4.78, 5) is 13.2. The molecule has 2 rings (SSSR count). The molecule has 4 nitrogen and oxygen atoms in total. The summed E-state index contributed by atoms with van der Waals surface area (Å²) >= 11 is 0. The molecule has 0 aromatic heterocycles. The molecule has 0 unspecified atom stereocenters. The van der Waals surface area contributed by atoms with Gasteiger partial charge in [0.15, 0.2) is 0 Å². The monoisotopic (exact) mass is 219 g/mol. The second-order valence-corrected chi connectivity index (χ2v) is 3.38. The lowest BCUT2D eigenvalue weighted by molar-refractivity contribution is -0.114. The fourth-order valence-electron chi connectivity index (χ4n) is 1.67. The van der Waals surface area contributed by atoms with E-state index in [9.17, 15) is 4.79 Å². The first kappa shape index (κ1) is 10.5. The van der Waals surface area contributed by atoms with E-state index in [-0.39, 0.29) is 5.91 Å². The molecule has 0 spiro atoms. The predicted octanol–water partition coefficient (Wildman–Crippen LogP) is 1.61. The average molecular weight is 219 g/mol. The molecular weight excluding hydrogens is 206 g/mol. The van der Waals surface area contributed by atoms with E-state index >= 15 is 0 Å². The minimum absolute atomic E-state index is 0.116. The summed E-state index contributed by atoms with van der Waals surface area (Å²) in [6, 6.07) is 5.39. The Labute approximate surface area is 94.1 Å². The second kappa shape index (κ2) is 4.26. The lowest BCUT2D eigenvalue weighted by Gasteiger charge is -2.28. The molecular formula is C12H13NO3. The molecule has 1 aliphatic heterocycles. The zero-order valence-corrected chi connectivity index (χ0v) is 9.10. The molecule has 1 heterocycles. The minimum Gasteiger partial charge on any atom is -0.497 e. The van der Waals surface area contributed by atoms with Gasteiger partial charge in [0.05, 0.1) is 19.3 Å². The standard InChI is InChI=1S/C12H13NO3/c1-3-12(14)13-6-7-16-11-8-9(15-2)4-5-10(11)13/h3-5,8H,1,6-7H2,2H3. The molecule has 1 aromatic rings. The Morgan fingerprint density at radius 1 is 1.62 bits per heavy atom. The van der Waals surface area contributed by atoms with E-state index in [2.05, 4.69) is 6.58 Å². The first-order valence-electron chi connectivity index (χ1n) is 5.01. The van der Waals surface area contributed by atoms with Crippen molar-refractivity contribution in [2.75, 3.05) is 25.2 Å². The smallest absolute Gasteiger partial charge is 0.250 e. The summed E-state index contributed by atoms with van der Waals surface area (Å²) in [5.74, 6) is 1.27. The molecule has 4 heteroatoms. The second-order valence-electron chi connectivity index (χ2n) is 3.38. The average Bonchev–Trinajstić information content (AvgIpc) is 2.36. The molecule has 1 aromatic carbocycles. The largest absolute Gasteiger partial charge is 0.497 e. The fraction of sp³-hybridized carbons (Fsp3) is 0.250. The van der Waals surface area contributed by atoms with E-state index < -0.39 is 0 Å². The van der Waals surface area contributed by atoms with Gasteiger partial charge in [-0.05, 0) is 18.2 Å². The maximum Gasteiger partial charge on any atom is 0.250 e. The van der Waals surface area contributed by atoms with E-state index in [4.69, 9.17) is 9.47 Å². The first-order chi connectivity index (χ1) is 7.76. The number of carbonyl (C=O) groups is 1. The Kier molecular flexibility index (Phi) is 2.81. The van der Waals surface area contributed by atoms with Crippen molar-refractivity contribution in [3.8, 4) is 11.5 Å². The van der Waals surface area contributed by atoms with Gasteiger partial charge in [-0.1, -0.05) is 6.58 Å². The molecule has 0 aliphatic carbocycles. The molecule has 16 heavy (non-hydrogen) atoms. The molecule has 0 saturated heterocycles. The maximum atomic E-state index is 11.6. The van der Waals surface area contributed by atoms with Gasteiger partial charge in [-0.2, -0.15) is 0 Å². The fourth-order valence-corrected chi connectivity index (χ4v) is 1.67. The van der Waals surface area contributed by atoms with Crippen LogP contribution in [0.5, 0.6) is 11.5 Å². The summed E-state index contributed by atoms with van der Waals surface area (Å²) in [6.45, 7) is 4.52. The summed E-state index contributed by atoms with van der Waals surface area (Å²) in [6.07, 6.45) is 1.30. The van der Waals surface area contributed by atoms with Crippen LogP contribution in [0, 0.1) is 0 Å². The number of fused-ring (bicyclic) bond motifs is 1. The third-order valence-corrected chi connectivity index (χ3v) is 2.47. The molecule has 84 valence electrons. The molecule has 0 atom stereocenters. The summed E-state index contributed by atoms with van der Waals surface area (Å²) < 4.78 is 10.6. The lowest BCUT2D eigenvalue weighted by Crippen LogP contribution is -2.36. The van der Waals surface area contributed by atoms with Crippen LogP contribution in [0.25, 0.3) is 0 Å². The highest BCUT2D eigenvalue weighted by molar-refractivity contribution is 6.02. The van der Waals surface area contributed by atoms with Gasteiger partial charge in [-0.15, -0.1) is 0 Å². The van der Waals surface area contributed by atoms with Crippen molar-refractivity contribution in [3.63, 3.8) is 0 Å². The number of methoxy groups -OCH3 is 1. The summed E-state index contributed by atoms with van der Waals surface area (Å²) in [7, 11) is 1.59. The van der Waals surface area contributed by atoms with Crippen molar-refractivity contribution < 1.29 is 14.3 Å². The van der Waals surface area contributed by atoms with Crippen molar-refractivity contribution in [1.82, 2.24) is 0 Å². The Morgan fingerprint density at radius 2 is 2.44 bits per heavy atom. The van der Waals surface area contributed by atoms with Crippen molar-refractivity contribution in [3.05, 3.63) is 30.9 Å². The number of anilines is 1. The number of benzene rings is 1. The van der Waals surface area contributed by atoms with E-state index in [0.29, 0.717) is 24.7 Å². The maximum absolute atomic E-state index is 11.6. The van der Waals surface area contributed by atoms with E-state index in [1.165, 1.54) is 6.08 Å². The molecule has 1 amide bonds. The predicted molar refractivity (Wildman–Crippen MR) is 61.0 cm³/mol. The van der Waals surface area contributed by atoms with Gasteiger partial charge in [0.1, 0.15) is 18.1 Å². The van der Waals surface area contributed by atoms with Crippen molar-refractivity contribution in [1.29, 1.82) is 0 Å². The van der Waals surface area contributed by atoms with Crippen LogP contribution in [0.1, 0.15) is 0 Å². The molecule has 0 fully saturated rings. The Morgan fingerprint density at radius 3 is 3.12 bits per heavy atom. The highest BCUT2D eigenvalue weighted by Gasteiger charge is 2.22. The van der Waals surface area contributed by atoms with Crippen LogP contribution in [-0.2, 0) is 4.79 Å². The highest BCUT2D eigenvalue weighted by Crippen LogP contribution is 2.34. The number of carbonyl (C=O) groups excluding carboxylic acids is 1. The van der Waals surface area contributed by atoms with E-state index in [1.807, 2.05) is 6.07 Å². The van der Waals surface area contributed by atoms with Crippen LogP contribution >= 0.6 is 0 Å². The van der Waals surface area contributed by atoms with Gasteiger partial charge in [0, 0.05) is 6.07 Å². The topological polar surface area (TPSA) is 38.8 Å². The van der Waals surface area contributed by atoms with Gasteiger partial charge >= 0.3 is 0 Å². The Hall–Kier alpha value is -1.97. The quantitative estimate of drug-likeness (QED) is 0.709. The molecule has 0 radical (unpaired) electrons. The third-order valence-electron chi connectivity index (χ3n) is 2.47. The van der Waals surface area contributed by atoms with Crippen LogP contribution < -0.4 is 14.4 Å². The summed E-state index contributed by atoms with van der Waals surface area (Å²) in [5.41, 5.74) is 0.761. The highest BCUT2D eigenvalue weighted by atomic mass is 16.5. The third kappa shape index (κ3) is 1.74. The Bertz CT molecular complexity index is 428. The molecule has 0 saturated carbocycles. The van der Waals surface area contributed by atoms with Crippen molar-refractivity contribution >= 4 is 11.6 Å². The van der Waals surface area contributed by atoms with Crippen LogP contribution in [0.3, 0.4) is 0 Å². The van der Waals surface area contributed by atoms with Gasteiger partial charge < -0.3 is 14.4 Å². The van der Waals surface area contributed by atoms with Crippen LogP contribution in [0.15, 0.2) is 30.9 Å². The van der Waals surface area contributed by atoms with Crippen LogP contribution in [0.4, 0.5) is 5.69 Å². The number of hydrogen-bond acceptors (Lipinski definition) is 3. The number of nitrogens with zero attached hydrogens (tertiary/aromatic N) is 1. The van der Waals surface area contributed by atoms with Gasteiger partial charge in [0.2, 0.25) is 0 Å². The zero-order valence-electron chi connectivity index (χ0n) is 9.10. The number of rotatable bonds is 2. The van der Waals surface area contributed by atoms with Crippen LogP contribution in [-0.4, -0.2) is 26.2 Å². The molecule has 1 aliphatic rings. The number of hydrogen-bond donors (Lipinski definition) is 0. The first-order valence-corrected chi connectivity index (χ1v) is 5.01. The van der Waals surface area contributed by atoms with E-state index in [1.54, 1.807) is 24.1 Å². The van der Waals surface area contributed by atoms with Crippen LogP contribution in [0.2, 0.25) is 0 Å². The normalized spacial score (nSPS) is 13.7.